The topological polar surface area (TPSA) is 74.4 Å². The largest absolute Gasteiger partial charge is 0.444 e. The smallest absolute Gasteiger partial charge is 0.410 e. The van der Waals surface area contributed by atoms with E-state index >= 15 is 0 Å². The van der Waals surface area contributed by atoms with E-state index in [-0.39, 0.29) is 6.09 Å². The lowest BCUT2D eigenvalue weighted by atomic mass is 10.2. The molecule has 0 unspecified atom stereocenters. The number of nitrogens with two attached hydrogens (primary N) is 1. The minimum absolute atomic E-state index is 0.257. The summed E-state index contributed by atoms with van der Waals surface area (Å²) in [5.41, 5.74) is 5.67. The fourth-order valence-electron chi connectivity index (χ4n) is 2.94. The molecule has 0 aromatic carbocycles. The van der Waals surface area contributed by atoms with E-state index in [0.29, 0.717) is 50.8 Å². The van der Waals surface area contributed by atoms with Crippen LogP contribution in [0.15, 0.2) is 4.99 Å². The standard InChI is InChI=1S/C18H37N5O2/c1-14(2)23(15(3)4)9-8-20-16(19)21-10-12-22(13-11-21)17(24)25-18(5,6)7/h14-15H,8-13H2,1-7H3,(H2,19,20). The van der Waals surface area contributed by atoms with Crippen molar-refractivity contribution in [2.24, 2.45) is 10.7 Å². The third-order valence-electron chi connectivity index (χ3n) is 4.21. The Bertz CT molecular complexity index is 441. The van der Waals surface area contributed by atoms with Crippen molar-refractivity contribution in [1.29, 1.82) is 0 Å². The molecule has 0 aromatic rings. The molecule has 1 aliphatic heterocycles. The highest BCUT2D eigenvalue weighted by Crippen LogP contribution is 2.12. The molecule has 0 spiro atoms. The van der Waals surface area contributed by atoms with Crippen molar-refractivity contribution in [3.8, 4) is 0 Å². The Balaban J connectivity index is 2.44. The molecule has 1 aliphatic rings. The average Bonchev–Trinajstić information content (AvgIpc) is 2.49. The van der Waals surface area contributed by atoms with E-state index in [4.69, 9.17) is 10.5 Å². The molecule has 0 atom stereocenters. The summed E-state index contributed by atoms with van der Waals surface area (Å²) >= 11 is 0. The zero-order valence-corrected chi connectivity index (χ0v) is 17.1. The number of rotatable bonds is 5. The molecule has 1 rings (SSSR count). The molecule has 1 heterocycles. The molecule has 1 fully saturated rings. The van der Waals surface area contributed by atoms with Crippen LogP contribution in [0.1, 0.15) is 48.5 Å². The number of hydrogen-bond acceptors (Lipinski definition) is 4. The van der Waals surface area contributed by atoms with Crippen LogP contribution in [0.3, 0.4) is 0 Å². The van der Waals surface area contributed by atoms with Gasteiger partial charge in [-0.25, -0.2) is 4.79 Å². The lowest BCUT2D eigenvalue weighted by Crippen LogP contribution is -2.53. The predicted molar refractivity (Wildman–Crippen MR) is 103 cm³/mol. The van der Waals surface area contributed by atoms with Crippen molar-refractivity contribution in [1.82, 2.24) is 14.7 Å². The third kappa shape index (κ3) is 7.50. The molecule has 2 N–H and O–H groups in total. The van der Waals surface area contributed by atoms with E-state index in [1.807, 2.05) is 25.7 Å². The molecule has 0 radical (unpaired) electrons. The van der Waals surface area contributed by atoms with E-state index in [1.54, 1.807) is 4.90 Å². The van der Waals surface area contributed by atoms with Crippen LogP contribution in [0.5, 0.6) is 0 Å². The fourth-order valence-corrected chi connectivity index (χ4v) is 2.94. The van der Waals surface area contributed by atoms with Crippen molar-refractivity contribution >= 4 is 12.1 Å². The Morgan fingerprint density at radius 2 is 1.56 bits per heavy atom. The second-order valence-electron chi connectivity index (χ2n) is 8.12. The van der Waals surface area contributed by atoms with E-state index in [1.165, 1.54) is 0 Å². The van der Waals surface area contributed by atoms with Crippen molar-refractivity contribution in [3.63, 3.8) is 0 Å². The van der Waals surface area contributed by atoms with Gasteiger partial charge in [-0.2, -0.15) is 0 Å². The van der Waals surface area contributed by atoms with Gasteiger partial charge in [-0.15, -0.1) is 0 Å². The number of aliphatic imine (C=N–C) groups is 1. The first-order chi connectivity index (χ1) is 11.5. The van der Waals surface area contributed by atoms with Crippen LogP contribution in [-0.2, 0) is 4.74 Å². The van der Waals surface area contributed by atoms with E-state index in [2.05, 4.69) is 37.6 Å². The van der Waals surface area contributed by atoms with Gasteiger partial charge in [0.25, 0.3) is 0 Å². The first-order valence-electron chi connectivity index (χ1n) is 9.30. The Labute approximate surface area is 153 Å². The van der Waals surface area contributed by atoms with Crippen LogP contribution in [0.25, 0.3) is 0 Å². The number of hydrogen-bond donors (Lipinski definition) is 1. The molecule has 25 heavy (non-hydrogen) atoms. The van der Waals surface area contributed by atoms with Crippen LogP contribution in [0.4, 0.5) is 4.79 Å². The summed E-state index contributed by atoms with van der Waals surface area (Å²) in [6.45, 7) is 18.6. The summed E-state index contributed by atoms with van der Waals surface area (Å²) in [6, 6.07) is 0.989. The Morgan fingerprint density at radius 3 is 2.00 bits per heavy atom. The van der Waals surface area contributed by atoms with Gasteiger partial charge in [-0.3, -0.25) is 9.89 Å². The van der Waals surface area contributed by atoms with Gasteiger partial charge in [0.2, 0.25) is 0 Å². The second-order valence-corrected chi connectivity index (χ2v) is 8.12. The summed E-state index contributed by atoms with van der Waals surface area (Å²) in [5, 5.41) is 0. The van der Waals surface area contributed by atoms with Crippen molar-refractivity contribution in [2.75, 3.05) is 39.3 Å². The zero-order valence-electron chi connectivity index (χ0n) is 17.1. The summed E-state index contributed by atoms with van der Waals surface area (Å²) in [7, 11) is 0. The summed E-state index contributed by atoms with van der Waals surface area (Å²) in [5.74, 6) is 0.566. The molecule has 0 saturated carbocycles. The molecule has 0 aliphatic carbocycles. The number of carbonyl (C=O) groups excluding carboxylic acids is 1. The van der Waals surface area contributed by atoms with Crippen LogP contribution in [0, 0.1) is 0 Å². The first kappa shape index (κ1) is 21.5. The monoisotopic (exact) mass is 355 g/mol. The van der Waals surface area contributed by atoms with Crippen molar-refractivity contribution < 1.29 is 9.53 Å². The van der Waals surface area contributed by atoms with E-state index < -0.39 is 5.60 Å². The lowest BCUT2D eigenvalue weighted by Gasteiger charge is -2.36. The van der Waals surface area contributed by atoms with Crippen molar-refractivity contribution in [3.05, 3.63) is 0 Å². The SMILES string of the molecule is CC(C)N(CCN=C(N)N1CCN(C(=O)OC(C)(C)C)CC1)C(C)C. The fraction of sp³-hybridized carbons (Fsp3) is 0.889. The maximum Gasteiger partial charge on any atom is 0.410 e. The molecular weight excluding hydrogens is 318 g/mol. The normalized spacial score (nSPS) is 17.0. The number of ether oxygens (including phenoxy) is 1. The van der Waals surface area contributed by atoms with Gasteiger partial charge in [-0.1, -0.05) is 0 Å². The number of nitrogens with zero attached hydrogens (tertiary/aromatic N) is 4. The number of carbonyl (C=O) groups is 1. The maximum atomic E-state index is 12.1. The maximum absolute atomic E-state index is 12.1. The van der Waals surface area contributed by atoms with E-state index in [9.17, 15) is 4.79 Å². The Kier molecular flexibility index (Phi) is 7.99. The molecule has 1 saturated heterocycles. The highest BCUT2D eigenvalue weighted by Gasteiger charge is 2.26. The summed E-state index contributed by atoms with van der Waals surface area (Å²) < 4.78 is 5.41. The number of amides is 1. The zero-order chi connectivity index (χ0) is 19.2. The van der Waals surface area contributed by atoms with Crippen molar-refractivity contribution in [2.45, 2.75) is 66.2 Å². The van der Waals surface area contributed by atoms with Crippen LogP contribution in [-0.4, -0.2) is 83.7 Å². The number of piperazine rings is 1. The second kappa shape index (κ2) is 9.27. The van der Waals surface area contributed by atoms with Crippen LogP contribution >= 0.6 is 0 Å². The van der Waals surface area contributed by atoms with Gasteiger partial charge >= 0.3 is 6.09 Å². The third-order valence-corrected chi connectivity index (χ3v) is 4.21. The average molecular weight is 356 g/mol. The van der Waals surface area contributed by atoms with Gasteiger partial charge in [0.1, 0.15) is 5.60 Å². The summed E-state index contributed by atoms with van der Waals surface area (Å²) in [4.78, 5) is 22.8. The lowest BCUT2D eigenvalue weighted by molar-refractivity contribution is 0.0186. The minimum atomic E-state index is -0.465. The predicted octanol–water partition coefficient (Wildman–Crippen LogP) is 1.97. The van der Waals surface area contributed by atoms with Gasteiger partial charge in [0, 0.05) is 44.8 Å². The first-order valence-corrected chi connectivity index (χ1v) is 9.30. The molecular formula is C18H37N5O2. The molecule has 0 bridgehead atoms. The summed E-state index contributed by atoms with van der Waals surface area (Å²) in [6.07, 6.45) is -0.257. The van der Waals surface area contributed by atoms with Gasteiger partial charge in [0.15, 0.2) is 5.96 Å². The molecule has 0 aromatic heterocycles. The van der Waals surface area contributed by atoms with Crippen LogP contribution < -0.4 is 5.73 Å². The van der Waals surface area contributed by atoms with Gasteiger partial charge < -0.3 is 20.3 Å². The molecule has 1 amide bonds. The van der Waals surface area contributed by atoms with E-state index in [0.717, 1.165) is 6.54 Å². The highest BCUT2D eigenvalue weighted by atomic mass is 16.6. The number of guanidine groups is 1. The minimum Gasteiger partial charge on any atom is -0.444 e. The molecule has 7 heteroatoms. The highest BCUT2D eigenvalue weighted by molar-refractivity contribution is 5.78. The van der Waals surface area contributed by atoms with Gasteiger partial charge in [0.05, 0.1) is 6.54 Å². The quantitative estimate of drug-likeness (QED) is 0.603. The molecule has 7 nitrogen and oxygen atoms in total. The van der Waals surface area contributed by atoms with Crippen LogP contribution in [0.2, 0.25) is 0 Å². The van der Waals surface area contributed by atoms with Gasteiger partial charge in [-0.05, 0) is 48.5 Å². The Hall–Kier alpha value is -1.50. The Morgan fingerprint density at radius 1 is 1.08 bits per heavy atom. The molecule has 146 valence electrons.